The van der Waals surface area contributed by atoms with Crippen molar-refractivity contribution >= 4 is 0 Å². The Bertz CT molecular complexity index is 129. The molecule has 0 fully saturated rings. The highest BCUT2D eigenvalue weighted by Gasteiger charge is 2.17. The topological polar surface area (TPSA) is 0 Å². The Morgan fingerprint density at radius 3 is 2.18 bits per heavy atom. The minimum atomic E-state index is 0.421. The molecule has 0 amide bonds. The highest BCUT2D eigenvalue weighted by molar-refractivity contribution is 5.08. The van der Waals surface area contributed by atoms with Gasteiger partial charge in [0.15, 0.2) is 0 Å². The maximum atomic E-state index is 2.34. The fourth-order valence-electron chi connectivity index (χ4n) is 1.40. The molecule has 0 aromatic rings. The Hall–Kier alpha value is -0.260. The van der Waals surface area contributed by atoms with Crippen LogP contribution in [0.2, 0.25) is 0 Å². The van der Waals surface area contributed by atoms with E-state index in [0.29, 0.717) is 5.41 Å². The summed E-state index contributed by atoms with van der Waals surface area (Å²) < 4.78 is 0. The third-order valence-corrected chi connectivity index (χ3v) is 2.45. The monoisotopic (exact) mass is 154 g/mol. The number of hydrogen-bond donors (Lipinski definition) is 0. The van der Waals surface area contributed by atoms with Gasteiger partial charge < -0.3 is 0 Å². The molecule has 0 nitrogen and oxygen atoms in total. The molecule has 0 heteroatoms. The Balaban J connectivity index is 4.16. The van der Waals surface area contributed by atoms with Crippen LogP contribution >= 0.6 is 0 Å². The second kappa shape index (κ2) is 4.58. The molecule has 0 heterocycles. The first-order valence-electron chi connectivity index (χ1n) is 4.71. The van der Waals surface area contributed by atoms with Gasteiger partial charge in [0.25, 0.3) is 0 Å². The Morgan fingerprint density at radius 1 is 1.27 bits per heavy atom. The van der Waals surface area contributed by atoms with Crippen molar-refractivity contribution in [3.8, 4) is 0 Å². The molecule has 0 aliphatic carbocycles. The van der Waals surface area contributed by atoms with Crippen molar-refractivity contribution in [1.82, 2.24) is 0 Å². The molecule has 0 rings (SSSR count). The van der Waals surface area contributed by atoms with Gasteiger partial charge in [0.2, 0.25) is 0 Å². The van der Waals surface area contributed by atoms with Crippen molar-refractivity contribution in [2.45, 2.75) is 53.9 Å². The summed E-state index contributed by atoms with van der Waals surface area (Å²) in [5, 5.41) is 0. The first-order chi connectivity index (χ1) is 5.04. The molecular weight excluding hydrogens is 132 g/mol. The zero-order valence-corrected chi connectivity index (χ0v) is 8.70. The van der Waals surface area contributed by atoms with Crippen LogP contribution in [0.3, 0.4) is 0 Å². The molecule has 0 spiro atoms. The average Bonchev–Trinajstić information content (AvgIpc) is 1.88. The van der Waals surface area contributed by atoms with E-state index in [4.69, 9.17) is 0 Å². The van der Waals surface area contributed by atoms with Gasteiger partial charge in [-0.3, -0.25) is 0 Å². The molecule has 0 unspecified atom stereocenters. The van der Waals surface area contributed by atoms with E-state index < -0.39 is 0 Å². The molecule has 11 heavy (non-hydrogen) atoms. The van der Waals surface area contributed by atoms with Gasteiger partial charge in [-0.1, -0.05) is 45.8 Å². The first kappa shape index (κ1) is 10.7. The van der Waals surface area contributed by atoms with Gasteiger partial charge in [-0.05, 0) is 25.2 Å². The van der Waals surface area contributed by atoms with E-state index >= 15 is 0 Å². The molecule has 0 bridgehead atoms. The molecule has 0 aromatic carbocycles. The largest absolute Gasteiger partial charge is 0.0853 e. The van der Waals surface area contributed by atoms with Crippen molar-refractivity contribution in [2.75, 3.05) is 0 Å². The maximum absolute atomic E-state index is 2.34. The molecule has 0 saturated heterocycles. The van der Waals surface area contributed by atoms with Crippen LogP contribution in [0.5, 0.6) is 0 Å². The standard InChI is InChI=1S/C11H22/c1-6-8-10(3)11(4,5)9-7-2/h8H,6-7,9H2,1-5H3. The second-order valence-corrected chi connectivity index (χ2v) is 3.93. The van der Waals surface area contributed by atoms with Gasteiger partial charge in [-0.25, -0.2) is 0 Å². The zero-order chi connectivity index (χ0) is 8.91. The predicted octanol–water partition coefficient (Wildman–Crippen LogP) is 4.17. The van der Waals surface area contributed by atoms with Gasteiger partial charge in [-0.2, -0.15) is 0 Å². The summed E-state index contributed by atoms with van der Waals surface area (Å²) in [5.41, 5.74) is 1.96. The summed E-state index contributed by atoms with van der Waals surface area (Å²) in [6.07, 6.45) is 6.09. The van der Waals surface area contributed by atoms with Crippen LogP contribution in [0.4, 0.5) is 0 Å². The van der Waals surface area contributed by atoms with Gasteiger partial charge in [-0.15, -0.1) is 0 Å². The van der Waals surface area contributed by atoms with Crippen molar-refractivity contribution in [3.63, 3.8) is 0 Å². The van der Waals surface area contributed by atoms with Crippen LogP contribution in [-0.2, 0) is 0 Å². The lowest BCUT2D eigenvalue weighted by Crippen LogP contribution is -2.12. The predicted molar refractivity (Wildman–Crippen MR) is 52.7 cm³/mol. The highest BCUT2D eigenvalue weighted by atomic mass is 14.2. The fourth-order valence-corrected chi connectivity index (χ4v) is 1.40. The summed E-state index contributed by atoms with van der Waals surface area (Å²) in [6, 6.07) is 0. The minimum Gasteiger partial charge on any atom is -0.0853 e. The van der Waals surface area contributed by atoms with E-state index in [1.165, 1.54) is 19.3 Å². The van der Waals surface area contributed by atoms with Crippen molar-refractivity contribution in [2.24, 2.45) is 5.41 Å². The van der Waals surface area contributed by atoms with Crippen molar-refractivity contribution < 1.29 is 0 Å². The molecule has 0 atom stereocenters. The van der Waals surface area contributed by atoms with E-state index in [0.717, 1.165) is 0 Å². The summed E-state index contributed by atoms with van der Waals surface area (Å²) in [6.45, 7) is 11.4. The van der Waals surface area contributed by atoms with Crippen molar-refractivity contribution in [1.29, 1.82) is 0 Å². The van der Waals surface area contributed by atoms with Crippen LogP contribution < -0.4 is 0 Å². The molecule has 0 N–H and O–H groups in total. The van der Waals surface area contributed by atoms with Crippen LogP contribution in [0, 0.1) is 5.41 Å². The third kappa shape index (κ3) is 3.60. The van der Waals surface area contributed by atoms with Gasteiger partial charge in [0, 0.05) is 0 Å². The maximum Gasteiger partial charge on any atom is -0.0148 e. The zero-order valence-electron chi connectivity index (χ0n) is 8.70. The molecule has 66 valence electrons. The van der Waals surface area contributed by atoms with Crippen LogP contribution in [0.25, 0.3) is 0 Å². The Morgan fingerprint density at radius 2 is 1.82 bits per heavy atom. The van der Waals surface area contributed by atoms with E-state index in [2.05, 4.69) is 40.7 Å². The van der Waals surface area contributed by atoms with E-state index in [-0.39, 0.29) is 0 Å². The summed E-state index contributed by atoms with van der Waals surface area (Å²) in [4.78, 5) is 0. The van der Waals surface area contributed by atoms with Gasteiger partial charge >= 0.3 is 0 Å². The van der Waals surface area contributed by atoms with Crippen LogP contribution in [0.15, 0.2) is 11.6 Å². The normalized spacial score (nSPS) is 13.7. The number of hydrogen-bond acceptors (Lipinski definition) is 0. The molecule has 0 aliphatic rings. The quantitative estimate of drug-likeness (QED) is 0.533. The average molecular weight is 154 g/mol. The van der Waals surface area contributed by atoms with Crippen LogP contribution in [-0.4, -0.2) is 0 Å². The molecule has 0 saturated carbocycles. The van der Waals surface area contributed by atoms with E-state index in [1.54, 1.807) is 5.57 Å². The Kier molecular flexibility index (Phi) is 4.48. The van der Waals surface area contributed by atoms with Gasteiger partial charge in [0.05, 0.1) is 0 Å². The molecular formula is C11H22. The van der Waals surface area contributed by atoms with Gasteiger partial charge in [0.1, 0.15) is 0 Å². The fraction of sp³-hybridized carbons (Fsp3) is 0.818. The SMILES string of the molecule is CCC=C(C)C(C)(C)CCC. The van der Waals surface area contributed by atoms with Crippen molar-refractivity contribution in [3.05, 3.63) is 11.6 Å². The second-order valence-electron chi connectivity index (χ2n) is 3.93. The minimum absolute atomic E-state index is 0.421. The summed E-state index contributed by atoms with van der Waals surface area (Å²) in [5.74, 6) is 0. The molecule has 0 aliphatic heterocycles. The lowest BCUT2D eigenvalue weighted by molar-refractivity contribution is 0.401. The number of rotatable bonds is 4. The van der Waals surface area contributed by atoms with E-state index in [9.17, 15) is 0 Å². The first-order valence-corrected chi connectivity index (χ1v) is 4.71. The third-order valence-electron chi connectivity index (χ3n) is 2.45. The van der Waals surface area contributed by atoms with Crippen LogP contribution in [0.1, 0.15) is 53.9 Å². The molecule has 0 radical (unpaired) electrons. The highest BCUT2D eigenvalue weighted by Crippen LogP contribution is 2.31. The summed E-state index contributed by atoms with van der Waals surface area (Å²) in [7, 11) is 0. The van der Waals surface area contributed by atoms with E-state index in [1.807, 2.05) is 0 Å². The summed E-state index contributed by atoms with van der Waals surface area (Å²) >= 11 is 0. The lowest BCUT2D eigenvalue weighted by atomic mass is 9.81. The smallest absolute Gasteiger partial charge is 0.0148 e. The molecule has 0 aromatic heterocycles. The Labute approximate surface area is 71.7 Å². The lowest BCUT2D eigenvalue weighted by Gasteiger charge is -2.25. The number of allylic oxidation sites excluding steroid dienone is 2.